The monoisotopic (exact) mass is 498 g/mol. The van der Waals surface area contributed by atoms with E-state index in [1.807, 2.05) is 13.0 Å². The molecule has 0 bridgehead atoms. The number of carbonyl (C=O) groups excluding carboxylic acids is 2. The molecule has 0 aliphatic rings. The number of amides is 2. The average molecular weight is 499 g/mol. The molecule has 1 N–H and O–H groups in total. The van der Waals surface area contributed by atoms with Crippen LogP contribution in [0, 0.1) is 5.82 Å². The number of hydrogen-bond donors (Lipinski definition) is 1. The molecular formula is C24H29Cl2FN2O2S. The molecule has 0 unspecified atom stereocenters. The predicted octanol–water partition coefficient (Wildman–Crippen LogP) is 6.09. The quantitative estimate of drug-likeness (QED) is 0.360. The lowest BCUT2D eigenvalue weighted by Crippen LogP contribution is -2.49. The lowest BCUT2D eigenvalue weighted by molar-refractivity contribution is -0.139. The Morgan fingerprint density at radius 1 is 1.06 bits per heavy atom. The van der Waals surface area contributed by atoms with Crippen molar-refractivity contribution in [2.24, 2.45) is 0 Å². The third-order valence-electron chi connectivity index (χ3n) is 4.96. The summed E-state index contributed by atoms with van der Waals surface area (Å²) < 4.78 is 13.1. The number of nitrogens with zero attached hydrogens (tertiary/aromatic N) is 1. The summed E-state index contributed by atoms with van der Waals surface area (Å²) in [4.78, 5) is 27.6. The van der Waals surface area contributed by atoms with E-state index in [9.17, 15) is 14.0 Å². The van der Waals surface area contributed by atoms with Crippen molar-refractivity contribution in [1.29, 1.82) is 0 Å². The highest BCUT2D eigenvalue weighted by molar-refractivity contribution is 7.99. The van der Waals surface area contributed by atoms with Crippen LogP contribution < -0.4 is 5.32 Å². The van der Waals surface area contributed by atoms with Gasteiger partial charge in [-0.15, -0.1) is 11.8 Å². The van der Waals surface area contributed by atoms with Crippen LogP contribution in [0.1, 0.15) is 44.2 Å². The second kappa shape index (κ2) is 13.7. The molecule has 0 heterocycles. The van der Waals surface area contributed by atoms with Gasteiger partial charge in [0.25, 0.3) is 0 Å². The fraction of sp³-hybridized carbons (Fsp3) is 0.417. The average Bonchev–Trinajstić information content (AvgIpc) is 2.77. The summed E-state index contributed by atoms with van der Waals surface area (Å²) in [5.74, 6) is 0.199. The van der Waals surface area contributed by atoms with Gasteiger partial charge in [-0.3, -0.25) is 9.59 Å². The van der Waals surface area contributed by atoms with Gasteiger partial charge in [-0.1, -0.05) is 61.7 Å². The van der Waals surface area contributed by atoms with E-state index in [1.165, 1.54) is 23.9 Å². The highest BCUT2D eigenvalue weighted by Crippen LogP contribution is 2.24. The lowest BCUT2D eigenvalue weighted by Gasteiger charge is -2.30. The predicted molar refractivity (Wildman–Crippen MR) is 132 cm³/mol. The first-order valence-electron chi connectivity index (χ1n) is 10.7. The molecule has 0 fully saturated rings. The number of hydrogen-bond acceptors (Lipinski definition) is 3. The van der Waals surface area contributed by atoms with Gasteiger partial charge in [-0.2, -0.15) is 0 Å². The van der Waals surface area contributed by atoms with Gasteiger partial charge in [0.05, 0.1) is 15.8 Å². The molecule has 0 radical (unpaired) electrons. The minimum atomic E-state index is -0.583. The molecule has 0 aliphatic carbocycles. The van der Waals surface area contributed by atoms with E-state index in [0.29, 0.717) is 28.8 Å². The number of benzene rings is 2. The molecule has 1 atom stereocenters. The number of rotatable bonds is 12. The maximum absolute atomic E-state index is 13.2. The first kappa shape index (κ1) is 26.5. The van der Waals surface area contributed by atoms with E-state index in [-0.39, 0.29) is 29.9 Å². The van der Waals surface area contributed by atoms with E-state index in [2.05, 4.69) is 12.2 Å². The zero-order valence-electron chi connectivity index (χ0n) is 18.4. The Labute approximate surface area is 203 Å². The number of nitrogens with one attached hydrogen (secondary N) is 1. The van der Waals surface area contributed by atoms with Gasteiger partial charge in [0.15, 0.2) is 0 Å². The largest absolute Gasteiger partial charge is 0.354 e. The van der Waals surface area contributed by atoms with E-state index < -0.39 is 6.04 Å². The Kier molecular flexibility index (Phi) is 11.4. The second-order valence-corrected chi connectivity index (χ2v) is 9.26. The van der Waals surface area contributed by atoms with Crippen LogP contribution in [0.4, 0.5) is 4.39 Å². The lowest BCUT2D eigenvalue weighted by atomic mass is 10.1. The molecule has 0 saturated carbocycles. The number of carbonyl (C=O) groups is 2. The van der Waals surface area contributed by atoms with Crippen molar-refractivity contribution in [1.82, 2.24) is 10.2 Å². The fourth-order valence-electron chi connectivity index (χ4n) is 3.18. The number of unbranched alkanes of at least 4 members (excludes halogenated alkanes) is 1. The van der Waals surface area contributed by atoms with Crippen LogP contribution in [0.2, 0.25) is 10.0 Å². The maximum atomic E-state index is 13.2. The molecule has 174 valence electrons. The molecule has 0 spiro atoms. The zero-order chi connectivity index (χ0) is 23.5. The van der Waals surface area contributed by atoms with Crippen LogP contribution in [-0.4, -0.2) is 35.1 Å². The minimum absolute atomic E-state index is 0.138. The Hall–Kier alpha value is -1.76. The van der Waals surface area contributed by atoms with Crippen LogP contribution in [0.5, 0.6) is 0 Å². The van der Waals surface area contributed by atoms with Crippen molar-refractivity contribution in [2.75, 3.05) is 12.3 Å². The van der Waals surface area contributed by atoms with Crippen molar-refractivity contribution < 1.29 is 14.0 Å². The Bertz CT molecular complexity index is 896. The highest BCUT2D eigenvalue weighted by atomic mass is 35.5. The molecule has 2 rings (SSSR count). The van der Waals surface area contributed by atoms with Crippen LogP contribution in [0.15, 0.2) is 42.5 Å². The van der Waals surface area contributed by atoms with Gasteiger partial charge in [0.1, 0.15) is 11.9 Å². The van der Waals surface area contributed by atoms with E-state index in [0.717, 1.165) is 24.0 Å². The molecule has 0 aliphatic heterocycles. The van der Waals surface area contributed by atoms with E-state index in [4.69, 9.17) is 23.2 Å². The van der Waals surface area contributed by atoms with Gasteiger partial charge in [-0.25, -0.2) is 4.39 Å². The van der Waals surface area contributed by atoms with Gasteiger partial charge in [0, 0.05) is 18.8 Å². The molecule has 2 aromatic rings. The molecule has 4 nitrogen and oxygen atoms in total. The molecule has 0 aromatic heterocycles. The maximum Gasteiger partial charge on any atom is 0.242 e. The van der Waals surface area contributed by atoms with Crippen molar-refractivity contribution in [3.63, 3.8) is 0 Å². The van der Waals surface area contributed by atoms with Crippen LogP contribution in [0.3, 0.4) is 0 Å². The molecule has 0 saturated heterocycles. The summed E-state index contributed by atoms with van der Waals surface area (Å²) in [5.41, 5.74) is 1.74. The normalized spacial score (nSPS) is 11.8. The Morgan fingerprint density at radius 3 is 2.38 bits per heavy atom. The third-order valence-corrected chi connectivity index (χ3v) is 6.69. The minimum Gasteiger partial charge on any atom is -0.354 e. The van der Waals surface area contributed by atoms with Gasteiger partial charge >= 0.3 is 0 Å². The zero-order valence-corrected chi connectivity index (χ0v) is 20.7. The summed E-state index contributed by atoms with van der Waals surface area (Å²) in [5, 5.41) is 3.78. The number of halogens is 3. The molecule has 2 aromatic carbocycles. The summed E-state index contributed by atoms with van der Waals surface area (Å²) in [6.45, 7) is 4.79. The molecular weight excluding hydrogens is 470 g/mol. The first-order valence-corrected chi connectivity index (χ1v) is 12.6. The summed E-state index contributed by atoms with van der Waals surface area (Å²) in [6, 6.07) is 10.9. The second-order valence-electron chi connectivity index (χ2n) is 7.46. The fourth-order valence-corrected chi connectivity index (χ4v) is 4.37. The topological polar surface area (TPSA) is 49.4 Å². The van der Waals surface area contributed by atoms with Crippen LogP contribution in [-0.2, 0) is 21.9 Å². The smallest absolute Gasteiger partial charge is 0.242 e. The molecule has 2 amide bonds. The van der Waals surface area contributed by atoms with Gasteiger partial charge < -0.3 is 10.2 Å². The standard InChI is InChI=1S/C24H29Cl2FN2O2S/c1-3-5-12-28-24(31)22(4-2)29(14-18-8-11-20(25)21(26)13-18)23(30)16-32-15-17-6-9-19(27)10-7-17/h6-11,13,22H,3-5,12,14-16H2,1-2H3,(H,28,31)/t22-/m0/s1. The van der Waals surface area contributed by atoms with E-state index >= 15 is 0 Å². The first-order chi connectivity index (χ1) is 15.3. The summed E-state index contributed by atoms with van der Waals surface area (Å²) in [7, 11) is 0. The van der Waals surface area contributed by atoms with E-state index in [1.54, 1.807) is 29.2 Å². The Morgan fingerprint density at radius 2 is 1.75 bits per heavy atom. The van der Waals surface area contributed by atoms with Gasteiger partial charge in [0.2, 0.25) is 11.8 Å². The van der Waals surface area contributed by atoms with Crippen LogP contribution in [0.25, 0.3) is 0 Å². The molecule has 32 heavy (non-hydrogen) atoms. The number of thioether (sulfide) groups is 1. The summed E-state index contributed by atoms with van der Waals surface area (Å²) >= 11 is 13.6. The van der Waals surface area contributed by atoms with Crippen LogP contribution >= 0.6 is 35.0 Å². The third kappa shape index (κ3) is 8.30. The van der Waals surface area contributed by atoms with Crippen molar-refractivity contribution in [3.05, 3.63) is 69.5 Å². The van der Waals surface area contributed by atoms with Crippen molar-refractivity contribution >= 4 is 46.8 Å². The highest BCUT2D eigenvalue weighted by Gasteiger charge is 2.28. The van der Waals surface area contributed by atoms with Crippen molar-refractivity contribution in [3.8, 4) is 0 Å². The van der Waals surface area contributed by atoms with Gasteiger partial charge in [-0.05, 0) is 48.2 Å². The summed E-state index contributed by atoms with van der Waals surface area (Å²) in [6.07, 6.45) is 2.35. The SMILES string of the molecule is CCCCNC(=O)[C@H](CC)N(Cc1ccc(Cl)c(Cl)c1)C(=O)CSCc1ccc(F)cc1. The van der Waals surface area contributed by atoms with Crippen molar-refractivity contribution in [2.45, 2.75) is 51.4 Å². The molecule has 8 heteroatoms. The Balaban J connectivity index is 2.12.